The molecule has 10 heteroatoms. The van der Waals surface area contributed by atoms with Crippen LogP contribution in [-0.2, 0) is 29.1 Å². The summed E-state index contributed by atoms with van der Waals surface area (Å²) in [4.78, 5) is 6.42. The van der Waals surface area contributed by atoms with E-state index in [0.717, 1.165) is 24.3 Å². The SMILES string of the molecule is CN1CCC(COCc2cc(C(F)(F)F)cc(-c3ccc(C#N)cc3)n2)(c2cccc(C(F)(F)F)c2)CC1. The van der Waals surface area contributed by atoms with Gasteiger partial charge in [-0.2, -0.15) is 31.6 Å². The number of alkyl halides is 6. The number of hydrogen-bond acceptors (Lipinski definition) is 4. The molecule has 3 aromatic rings. The number of nitriles is 1. The maximum absolute atomic E-state index is 13.6. The van der Waals surface area contributed by atoms with Crippen LogP contribution >= 0.6 is 0 Å². The van der Waals surface area contributed by atoms with Crippen LogP contribution in [0, 0.1) is 11.3 Å². The van der Waals surface area contributed by atoms with Gasteiger partial charge >= 0.3 is 12.4 Å². The van der Waals surface area contributed by atoms with Gasteiger partial charge in [-0.05, 0) is 68.9 Å². The second-order valence-electron chi connectivity index (χ2n) is 9.57. The van der Waals surface area contributed by atoms with Crippen molar-refractivity contribution >= 4 is 0 Å². The highest BCUT2D eigenvalue weighted by atomic mass is 19.4. The third-order valence-electron chi connectivity index (χ3n) is 6.89. The van der Waals surface area contributed by atoms with E-state index < -0.39 is 28.9 Å². The molecule has 1 fully saturated rings. The average Bonchev–Trinajstić information content (AvgIpc) is 2.89. The first-order valence-electron chi connectivity index (χ1n) is 11.9. The van der Waals surface area contributed by atoms with Crippen molar-refractivity contribution in [3.63, 3.8) is 0 Å². The first-order chi connectivity index (χ1) is 17.9. The van der Waals surface area contributed by atoms with Gasteiger partial charge in [-0.1, -0.05) is 30.3 Å². The summed E-state index contributed by atoms with van der Waals surface area (Å²) in [5.74, 6) is 0. The smallest absolute Gasteiger partial charge is 0.374 e. The van der Waals surface area contributed by atoms with Gasteiger partial charge in [0.2, 0.25) is 0 Å². The summed E-state index contributed by atoms with van der Waals surface area (Å²) >= 11 is 0. The van der Waals surface area contributed by atoms with Crippen LogP contribution in [0.4, 0.5) is 26.3 Å². The molecule has 0 radical (unpaired) electrons. The summed E-state index contributed by atoms with van der Waals surface area (Å²) in [7, 11) is 1.92. The molecular formula is C28H25F6N3O. The minimum atomic E-state index is -4.62. The quantitative estimate of drug-likeness (QED) is 0.326. The molecule has 4 rings (SSSR count). The zero-order valence-electron chi connectivity index (χ0n) is 20.5. The highest BCUT2D eigenvalue weighted by Gasteiger charge is 2.38. The molecule has 0 saturated carbocycles. The molecule has 2 heterocycles. The molecule has 0 amide bonds. The van der Waals surface area contributed by atoms with Crippen molar-refractivity contribution in [1.29, 1.82) is 5.26 Å². The molecule has 0 N–H and O–H groups in total. The lowest BCUT2D eigenvalue weighted by molar-refractivity contribution is -0.138. The Balaban J connectivity index is 1.60. The van der Waals surface area contributed by atoms with Gasteiger partial charge in [0.05, 0.1) is 47.4 Å². The molecule has 0 spiro atoms. The molecule has 38 heavy (non-hydrogen) atoms. The Kier molecular flexibility index (Phi) is 7.81. The molecule has 1 aliphatic rings. The number of halogens is 6. The standard InChI is InChI=1S/C28H25F6N3O/c1-37-11-9-26(10-12-37,21-3-2-4-22(13-21)27(29,30)31)18-38-17-24-14-23(28(32,33)34)15-25(36-24)20-7-5-19(16-35)6-8-20/h2-8,13-15H,9-12,17-18H2,1H3. The van der Waals surface area contributed by atoms with Gasteiger partial charge in [-0.3, -0.25) is 4.98 Å². The maximum atomic E-state index is 13.6. The van der Waals surface area contributed by atoms with E-state index in [1.54, 1.807) is 6.07 Å². The van der Waals surface area contributed by atoms with Gasteiger partial charge < -0.3 is 9.64 Å². The predicted molar refractivity (Wildman–Crippen MR) is 129 cm³/mol. The van der Waals surface area contributed by atoms with Gasteiger partial charge in [-0.15, -0.1) is 0 Å². The van der Waals surface area contributed by atoms with Gasteiger partial charge in [0.15, 0.2) is 0 Å². The molecule has 0 atom stereocenters. The Bertz CT molecular complexity index is 1300. The number of nitrogens with zero attached hydrogens (tertiary/aromatic N) is 3. The van der Waals surface area contributed by atoms with E-state index in [-0.39, 0.29) is 24.6 Å². The van der Waals surface area contributed by atoms with E-state index in [0.29, 0.717) is 42.6 Å². The molecular weight excluding hydrogens is 508 g/mol. The van der Waals surface area contributed by atoms with Crippen LogP contribution in [0.3, 0.4) is 0 Å². The van der Waals surface area contributed by atoms with E-state index in [4.69, 9.17) is 10.00 Å². The zero-order chi connectivity index (χ0) is 27.6. The van der Waals surface area contributed by atoms with Gasteiger partial charge in [-0.25, -0.2) is 0 Å². The predicted octanol–water partition coefficient (Wildman–Crippen LogP) is 6.84. The molecule has 1 aliphatic heterocycles. The number of likely N-dealkylation sites (tertiary alicyclic amines) is 1. The van der Waals surface area contributed by atoms with Crippen LogP contribution in [0.2, 0.25) is 0 Å². The topological polar surface area (TPSA) is 49.1 Å². The number of aromatic nitrogens is 1. The summed E-state index contributed by atoms with van der Waals surface area (Å²) in [5.41, 5.74) is -0.964. The van der Waals surface area contributed by atoms with E-state index in [2.05, 4.69) is 9.88 Å². The van der Waals surface area contributed by atoms with Crippen LogP contribution in [0.1, 0.15) is 40.8 Å². The summed E-state index contributed by atoms with van der Waals surface area (Å²) in [6.45, 7) is 1.07. The molecule has 200 valence electrons. The van der Waals surface area contributed by atoms with Crippen molar-refractivity contribution in [2.75, 3.05) is 26.7 Å². The highest BCUT2D eigenvalue weighted by molar-refractivity contribution is 5.61. The Morgan fingerprint density at radius 3 is 2.18 bits per heavy atom. The zero-order valence-corrected chi connectivity index (χ0v) is 20.5. The second-order valence-corrected chi connectivity index (χ2v) is 9.57. The molecule has 0 unspecified atom stereocenters. The molecule has 0 aliphatic carbocycles. The number of piperidine rings is 1. The first kappa shape index (κ1) is 27.6. The van der Waals surface area contributed by atoms with Crippen LogP contribution in [-0.4, -0.2) is 36.6 Å². The summed E-state index contributed by atoms with van der Waals surface area (Å²) < 4.78 is 87.0. The molecule has 4 nitrogen and oxygen atoms in total. The van der Waals surface area contributed by atoms with Crippen molar-refractivity contribution in [3.8, 4) is 17.3 Å². The van der Waals surface area contributed by atoms with Crippen LogP contribution in [0.15, 0.2) is 60.7 Å². The lowest BCUT2D eigenvalue weighted by Crippen LogP contribution is -2.44. The van der Waals surface area contributed by atoms with Gasteiger partial charge in [0.25, 0.3) is 0 Å². The lowest BCUT2D eigenvalue weighted by atomic mass is 9.73. The van der Waals surface area contributed by atoms with E-state index in [1.165, 1.54) is 30.3 Å². The number of rotatable bonds is 6. The monoisotopic (exact) mass is 533 g/mol. The summed E-state index contributed by atoms with van der Waals surface area (Å²) in [6.07, 6.45) is -8.03. The fraction of sp³-hybridized carbons (Fsp3) is 0.357. The summed E-state index contributed by atoms with van der Waals surface area (Å²) in [5, 5.41) is 8.98. The van der Waals surface area contributed by atoms with Crippen molar-refractivity contribution in [2.24, 2.45) is 0 Å². The summed E-state index contributed by atoms with van der Waals surface area (Å²) in [6, 6.07) is 15.0. The number of ether oxygens (including phenoxy) is 1. The third kappa shape index (κ3) is 6.34. The van der Waals surface area contributed by atoms with Crippen LogP contribution in [0.5, 0.6) is 0 Å². The van der Waals surface area contributed by atoms with Gasteiger partial charge in [0.1, 0.15) is 0 Å². The lowest BCUT2D eigenvalue weighted by Gasteiger charge is -2.41. The molecule has 1 saturated heterocycles. The average molecular weight is 534 g/mol. The Hall–Kier alpha value is -3.42. The van der Waals surface area contributed by atoms with Crippen LogP contribution in [0.25, 0.3) is 11.3 Å². The normalized spacial score (nSPS) is 16.3. The minimum absolute atomic E-state index is 0.0340. The highest BCUT2D eigenvalue weighted by Crippen LogP contribution is 2.39. The fourth-order valence-electron chi connectivity index (χ4n) is 4.63. The largest absolute Gasteiger partial charge is 0.416 e. The minimum Gasteiger partial charge on any atom is -0.374 e. The van der Waals surface area contributed by atoms with E-state index in [1.807, 2.05) is 13.1 Å². The van der Waals surface area contributed by atoms with Crippen molar-refractivity contribution in [3.05, 3.63) is 88.6 Å². The Morgan fingerprint density at radius 1 is 0.921 bits per heavy atom. The number of hydrogen-bond donors (Lipinski definition) is 0. The Labute approximate surface area is 216 Å². The number of benzene rings is 2. The molecule has 0 bridgehead atoms. The molecule has 1 aromatic heterocycles. The fourth-order valence-corrected chi connectivity index (χ4v) is 4.63. The second kappa shape index (κ2) is 10.8. The Morgan fingerprint density at radius 2 is 1.58 bits per heavy atom. The van der Waals surface area contributed by atoms with E-state index in [9.17, 15) is 26.3 Å². The first-order valence-corrected chi connectivity index (χ1v) is 11.9. The van der Waals surface area contributed by atoms with Crippen LogP contribution < -0.4 is 0 Å². The van der Waals surface area contributed by atoms with Crippen molar-refractivity contribution in [2.45, 2.75) is 37.2 Å². The van der Waals surface area contributed by atoms with Gasteiger partial charge in [0, 0.05) is 11.0 Å². The number of pyridine rings is 1. The maximum Gasteiger partial charge on any atom is 0.416 e. The van der Waals surface area contributed by atoms with E-state index >= 15 is 0 Å². The molecule has 2 aromatic carbocycles. The van der Waals surface area contributed by atoms with Crippen molar-refractivity contribution in [1.82, 2.24) is 9.88 Å². The van der Waals surface area contributed by atoms with Crippen molar-refractivity contribution < 1.29 is 31.1 Å². The third-order valence-corrected chi connectivity index (χ3v) is 6.89.